The van der Waals surface area contributed by atoms with E-state index in [-0.39, 0.29) is 12.5 Å². The summed E-state index contributed by atoms with van der Waals surface area (Å²) in [5, 5.41) is 0. The van der Waals surface area contributed by atoms with Crippen LogP contribution in [-0.2, 0) is 17.9 Å². The van der Waals surface area contributed by atoms with Crippen molar-refractivity contribution in [3.8, 4) is 5.75 Å². The fourth-order valence-electron chi connectivity index (χ4n) is 3.47. The van der Waals surface area contributed by atoms with Gasteiger partial charge in [-0.2, -0.15) is 0 Å². The van der Waals surface area contributed by atoms with Crippen LogP contribution in [0.2, 0.25) is 0 Å². The number of hydrogen-bond acceptors (Lipinski definition) is 3. The summed E-state index contributed by atoms with van der Waals surface area (Å²) in [5.74, 6) is 2.53. The van der Waals surface area contributed by atoms with E-state index in [1.54, 1.807) is 0 Å². The summed E-state index contributed by atoms with van der Waals surface area (Å²) in [6.45, 7) is 10.7. The summed E-state index contributed by atoms with van der Waals surface area (Å²) in [5.41, 5.74) is 1.84. The molecule has 0 spiro atoms. The number of fused-ring (bicyclic) bond motifs is 1. The Morgan fingerprint density at radius 2 is 1.59 bits per heavy atom. The molecule has 1 amide bonds. The Morgan fingerprint density at radius 3 is 2.24 bits per heavy atom. The maximum absolute atomic E-state index is 13.2. The topological polar surface area (TPSA) is 47.4 Å². The van der Waals surface area contributed by atoms with Crippen LogP contribution < -0.4 is 4.74 Å². The lowest BCUT2D eigenvalue weighted by Gasteiger charge is -2.27. The first-order chi connectivity index (χ1) is 13.9. The molecule has 0 fully saturated rings. The maximum Gasteiger partial charge on any atom is 0.242 e. The van der Waals surface area contributed by atoms with Crippen molar-refractivity contribution in [2.75, 3.05) is 13.1 Å². The van der Waals surface area contributed by atoms with Crippen molar-refractivity contribution >= 4 is 16.9 Å². The number of benzene rings is 2. The van der Waals surface area contributed by atoms with Gasteiger partial charge >= 0.3 is 0 Å². The molecule has 2 aromatic carbocycles. The highest BCUT2D eigenvalue weighted by atomic mass is 16.5. The maximum atomic E-state index is 13.2. The largest absolute Gasteiger partial charge is 0.486 e. The zero-order chi connectivity index (χ0) is 20.8. The smallest absolute Gasteiger partial charge is 0.242 e. The lowest BCUT2D eigenvalue weighted by Crippen LogP contribution is -2.39. The highest BCUT2D eigenvalue weighted by Gasteiger charge is 2.20. The van der Waals surface area contributed by atoms with Gasteiger partial charge in [0.05, 0.1) is 11.0 Å². The van der Waals surface area contributed by atoms with E-state index in [4.69, 9.17) is 9.72 Å². The molecule has 0 radical (unpaired) electrons. The van der Waals surface area contributed by atoms with Crippen LogP contribution in [0.25, 0.3) is 11.0 Å². The summed E-state index contributed by atoms with van der Waals surface area (Å²) in [6, 6.07) is 17.6. The van der Waals surface area contributed by atoms with E-state index in [1.165, 1.54) is 0 Å². The van der Waals surface area contributed by atoms with E-state index in [0.29, 0.717) is 18.4 Å². The van der Waals surface area contributed by atoms with Crippen LogP contribution in [0.15, 0.2) is 54.6 Å². The van der Waals surface area contributed by atoms with E-state index in [2.05, 4.69) is 27.7 Å². The van der Waals surface area contributed by atoms with Crippen LogP contribution in [-0.4, -0.2) is 33.4 Å². The summed E-state index contributed by atoms with van der Waals surface area (Å²) < 4.78 is 7.92. The van der Waals surface area contributed by atoms with Gasteiger partial charge in [-0.05, 0) is 36.1 Å². The molecule has 3 rings (SSSR count). The first-order valence-electron chi connectivity index (χ1n) is 10.3. The van der Waals surface area contributed by atoms with E-state index < -0.39 is 0 Å². The van der Waals surface area contributed by atoms with Crippen LogP contribution >= 0.6 is 0 Å². The third kappa shape index (κ3) is 5.59. The molecule has 0 saturated heterocycles. The number of para-hydroxylation sites is 3. The van der Waals surface area contributed by atoms with Crippen molar-refractivity contribution in [1.82, 2.24) is 14.5 Å². The average Bonchev–Trinajstić information content (AvgIpc) is 3.03. The van der Waals surface area contributed by atoms with Crippen molar-refractivity contribution in [1.29, 1.82) is 0 Å². The molecule has 0 aliphatic rings. The van der Waals surface area contributed by atoms with E-state index in [1.807, 2.05) is 64.1 Å². The minimum absolute atomic E-state index is 0.122. The molecule has 1 aromatic heterocycles. The Morgan fingerprint density at radius 1 is 0.966 bits per heavy atom. The molecule has 5 heteroatoms. The minimum atomic E-state index is 0.122. The molecule has 0 atom stereocenters. The van der Waals surface area contributed by atoms with Gasteiger partial charge in [-0.3, -0.25) is 4.79 Å². The second-order valence-electron chi connectivity index (χ2n) is 8.29. The molecule has 154 valence electrons. The Labute approximate surface area is 173 Å². The third-order valence-electron chi connectivity index (χ3n) is 4.66. The lowest BCUT2D eigenvalue weighted by molar-refractivity contribution is -0.132. The van der Waals surface area contributed by atoms with Gasteiger partial charge in [0, 0.05) is 13.1 Å². The highest BCUT2D eigenvalue weighted by molar-refractivity contribution is 5.81. The number of amides is 1. The lowest BCUT2D eigenvalue weighted by atomic mass is 10.1. The van der Waals surface area contributed by atoms with Gasteiger partial charge < -0.3 is 14.2 Å². The van der Waals surface area contributed by atoms with Gasteiger partial charge in [0.2, 0.25) is 5.91 Å². The van der Waals surface area contributed by atoms with Crippen molar-refractivity contribution < 1.29 is 9.53 Å². The highest BCUT2D eigenvalue weighted by Crippen LogP contribution is 2.19. The zero-order valence-corrected chi connectivity index (χ0v) is 17.8. The van der Waals surface area contributed by atoms with Crippen molar-refractivity contribution in [2.24, 2.45) is 11.8 Å². The standard InChI is InChI=1S/C24H31N3O2/c1-18(2)14-26(15-19(3)4)24(28)16-27-22-13-9-8-12-21(22)25-23(27)17-29-20-10-6-5-7-11-20/h5-13,18-19H,14-17H2,1-4H3. The van der Waals surface area contributed by atoms with Gasteiger partial charge in [0.1, 0.15) is 24.7 Å². The Bertz CT molecular complexity index is 922. The molecule has 0 bridgehead atoms. The molecule has 0 saturated carbocycles. The fraction of sp³-hybridized carbons (Fsp3) is 0.417. The number of nitrogens with zero attached hydrogens (tertiary/aromatic N) is 3. The average molecular weight is 394 g/mol. The normalized spacial score (nSPS) is 11.4. The van der Waals surface area contributed by atoms with E-state index in [0.717, 1.165) is 35.7 Å². The van der Waals surface area contributed by atoms with Crippen LogP contribution in [0.5, 0.6) is 5.75 Å². The number of carbonyl (C=O) groups is 1. The van der Waals surface area contributed by atoms with Crippen molar-refractivity contribution in [3.05, 3.63) is 60.4 Å². The quantitative estimate of drug-likeness (QED) is 0.527. The molecule has 0 aliphatic carbocycles. The molecule has 0 aliphatic heterocycles. The van der Waals surface area contributed by atoms with Crippen LogP contribution in [0.4, 0.5) is 0 Å². The fourth-order valence-corrected chi connectivity index (χ4v) is 3.47. The van der Waals surface area contributed by atoms with Gasteiger partial charge in [0.25, 0.3) is 0 Å². The molecular formula is C24H31N3O2. The summed E-state index contributed by atoms with van der Waals surface area (Å²) >= 11 is 0. The van der Waals surface area contributed by atoms with Crippen LogP contribution in [0, 0.1) is 11.8 Å². The number of hydrogen-bond donors (Lipinski definition) is 0. The molecular weight excluding hydrogens is 362 g/mol. The van der Waals surface area contributed by atoms with Crippen molar-refractivity contribution in [3.63, 3.8) is 0 Å². The second kappa shape index (κ2) is 9.59. The first-order valence-corrected chi connectivity index (χ1v) is 10.3. The predicted octanol–water partition coefficient (Wildman–Crippen LogP) is 4.76. The van der Waals surface area contributed by atoms with Gasteiger partial charge in [-0.1, -0.05) is 58.0 Å². The number of carbonyl (C=O) groups excluding carboxylic acids is 1. The Hall–Kier alpha value is -2.82. The van der Waals surface area contributed by atoms with E-state index >= 15 is 0 Å². The molecule has 5 nitrogen and oxygen atoms in total. The van der Waals surface area contributed by atoms with Crippen molar-refractivity contribution in [2.45, 2.75) is 40.8 Å². The van der Waals surface area contributed by atoms with Gasteiger partial charge in [-0.15, -0.1) is 0 Å². The number of ether oxygens (including phenoxy) is 1. The zero-order valence-electron chi connectivity index (χ0n) is 17.8. The Kier molecular flexibility index (Phi) is 6.91. The molecule has 29 heavy (non-hydrogen) atoms. The number of aromatic nitrogens is 2. The molecule has 3 aromatic rings. The van der Waals surface area contributed by atoms with Crippen LogP contribution in [0.3, 0.4) is 0 Å². The number of rotatable bonds is 9. The SMILES string of the molecule is CC(C)CN(CC(C)C)C(=O)Cn1c(COc2ccccc2)nc2ccccc21. The first kappa shape index (κ1) is 20.9. The summed E-state index contributed by atoms with van der Waals surface area (Å²) in [7, 11) is 0. The number of imidazole rings is 1. The molecule has 0 N–H and O–H groups in total. The van der Waals surface area contributed by atoms with Gasteiger partial charge in [0.15, 0.2) is 0 Å². The minimum Gasteiger partial charge on any atom is -0.486 e. The monoisotopic (exact) mass is 393 g/mol. The van der Waals surface area contributed by atoms with E-state index in [9.17, 15) is 4.79 Å². The second-order valence-corrected chi connectivity index (χ2v) is 8.29. The Balaban J connectivity index is 1.85. The molecule has 0 unspecified atom stereocenters. The molecule has 1 heterocycles. The van der Waals surface area contributed by atoms with Gasteiger partial charge in [-0.25, -0.2) is 4.98 Å². The van der Waals surface area contributed by atoms with Crippen LogP contribution in [0.1, 0.15) is 33.5 Å². The summed E-state index contributed by atoms with van der Waals surface area (Å²) in [4.78, 5) is 19.9. The summed E-state index contributed by atoms with van der Waals surface area (Å²) in [6.07, 6.45) is 0. The predicted molar refractivity (Wildman–Crippen MR) is 117 cm³/mol. The third-order valence-corrected chi connectivity index (χ3v) is 4.66.